The Hall–Kier alpha value is -6.02. The maximum atomic E-state index is 13.7. The Bertz CT molecular complexity index is 1660. The van der Waals surface area contributed by atoms with Crippen LogP contribution in [0.4, 0.5) is 11.4 Å². The molecule has 8 nitrogen and oxygen atoms in total. The minimum atomic E-state index is -0.931. The van der Waals surface area contributed by atoms with Crippen molar-refractivity contribution in [2.45, 2.75) is 12.1 Å². The highest BCUT2D eigenvalue weighted by molar-refractivity contribution is 6.04. The summed E-state index contributed by atoms with van der Waals surface area (Å²) in [5.74, 6) is -0.757. The number of aromatic hydroxyl groups is 2. The molecular formula is C36H30N4O4. The molecule has 0 radical (unpaired) electrons. The number of phenols is 2. The number of hydrogen-bond donors (Lipinski definition) is 4. The van der Waals surface area contributed by atoms with Crippen LogP contribution in [0.5, 0.6) is 11.5 Å². The summed E-state index contributed by atoms with van der Waals surface area (Å²) in [6, 6.07) is 36.6. The number of carbonyl (C=O) groups is 2. The maximum absolute atomic E-state index is 13.7. The number of nitrogens with zero attached hydrogens (tertiary/aromatic N) is 2. The SMILES string of the molecule is O=C(Nc1ccccc1NC(=O)[C@@H](N=Cc1ccccc1O)c1ccccc1)[C@@H](N=Cc1ccccc1O)c1ccccc1. The molecule has 5 rings (SSSR count). The van der Waals surface area contributed by atoms with E-state index in [0.717, 1.165) is 0 Å². The van der Waals surface area contributed by atoms with Crippen molar-refractivity contribution in [3.63, 3.8) is 0 Å². The summed E-state index contributed by atoms with van der Waals surface area (Å²) in [6.07, 6.45) is 2.93. The fourth-order valence-corrected chi connectivity index (χ4v) is 4.49. The molecule has 0 spiro atoms. The third kappa shape index (κ3) is 7.43. The van der Waals surface area contributed by atoms with Gasteiger partial charge >= 0.3 is 0 Å². The number of nitrogens with one attached hydrogen (secondary N) is 2. The lowest BCUT2D eigenvalue weighted by molar-refractivity contribution is -0.118. The van der Waals surface area contributed by atoms with E-state index in [1.807, 2.05) is 36.4 Å². The van der Waals surface area contributed by atoms with Gasteiger partial charge in [-0.15, -0.1) is 0 Å². The summed E-state index contributed by atoms with van der Waals surface area (Å²) in [4.78, 5) is 36.3. The Morgan fingerprint density at radius 2 is 0.841 bits per heavy atom. The van der Waals surface area contributed by atoms with Crippen molar-refractivity contribution in [3.8, 4) is 11.5 Å². The van der Waals surface area contributed by atoms with E-state index in [1.54, 1.807) is 97.1 Å². The van der Waals surface area contributed by atoms with Gasteiger partial charge in [-0.1, -0.05) is 97.1 Å². The first-order chi connectivity index (χ1) is 21.5. The van der Waals surface area contributed by atoms with Gasteiger partial charge in [-0.2, -0.15) is 0 Å². The molecule has 218 valence electrons. The maximum Gasteiger partial charge on any atom is 0.253 e. The average molecular weight is 583 g/mol. The van der Waals surface area contributed by atoms with Gasteiger partial charge in [-0.3, -0.25) is 19.6 Å². The second-order valence-electron chi connectivity index (χ2n) is 9.82. The number of rotatable bonds is 10. The van der Waals surface area contributed by atoms with Crippen LogP contribution in [0.1, 0.15) is 34.3 Å². The number of amides is 2. The van der Waals surface area contributed by atoms with Gasteiger partial charge in [0, 0.05) is 23.6 Å². The van der Waals surface area contributed by atoms with E-state index in [-0.39, 0.29) is 11.5 Å². The topological polar surface area (TPSA) is 123 Å². The van der Waals surface area contributed by atoms with E-state index < -0.39 is 23.9 Å². The zero-order valence-electron chi connectivity index (χ0n) is 23.6. The number of phenolic OH excluding ortho intramolecular Hbond substituents is 2. The second kappa shape index (κ2) is 14.2. The van der Waals surface area contributed by atoms with Gasteiger partial charge in [-0.25, -0.2) is 0 Å². The Kier molecular flexibility index (Phi) is 9.54. The zero-order valence-corrected chi connectivity index (χ0v) is 23.6. The van der Waals surface area contributed by atoms with Gasteiger partial charge in [0.1, 0.15) is 11.5 Å². The summed E-state index contributed by atoms with van der Waals surface area (Å²) in [5.41, 5.74) is 3.01. The van der Waals surface area contributed by atoms with Crippen molar-refractivity contribution in [3.05, 3.63) is 156 Å². The van der Waals surface area contributed by atoms with Crippen LogP contribution in [-0.4, -0.2) is 34.5 Å². The van der Waals surface area contributed by atoms with Crippen molar-refractivity contribution >= 4 is 35.6 Å². The number of para-hydroxylation sites is 4. The summed E-state index contributed by atoms with van der Waals surface area (Å²) in [6.45, 7) is 0. The quantitative estimate of drug-likeness (QED) is 0.137. The highest BCUT2D eigenvalue weighted by Gasteiger charge is 2.23. The molecule has 0 aliphatic carbocycles. The van der Waals surface area contributed by atoms with Crippen molar-refractivity contribution in [2.24, 2.45) is 9.98 Å². The Morgan fingerprint density at radius 3 is 1.23 bits per heavy atom. The molecular weight excluding hydrogens is 552 g/mol. The molecule has 0 fully saturated rings. The van der Waals surface area contributed by atoms with Crippen LogP contribution in [0.3, 0.4) is 0 Å². The lowest BCUT2D eigenvalue weighted by Gasteiger charge is -2.18. The minimum Gasteiger partial charge on any atom is -0.507 e. The van der Waals surface area contributed by atoms with E-state index in [0.29, 0.717) is 33.6 Å². The fraction of sp³-hybridized carbons (Fsp3) is 0.0556. The van der Waals surface area contributed by atoms with E-state index in [9.17, 15) is 19.8 Å². The normalized spacial score (nSPS) is 12.5. The lowest BCUT2D eigenvalue weighted by Crippen LogP contribution is -2.23. The van der Waals surface area contributed by atoms with Gasteiger partial charge in [0.05, 0.1) is 11.4 Å². The summed E-state index contributed by atoms with van der Waals surface area (Å²) in [5, 5.41) is 26.2. The van der Waals surface area contributed by atoms with Crippen LogP contribution in [-0.2, 0) is 9.59 Å². The molecule has 0 unspecified atom stereocenters. The average Bonchev–Trinajstić information content (AvgIpc) is 3.05. The molecule has 8 heteroatoms. The number of benzene rings is 5. The molecule has 0 aromatic heterocycles. The molecule has 5 aromatic rings. The smallest absolute Gasteiger partial charge is 0.253 e. The highest BCUT2D eigenvalue weighted by atomic mass is 16.3. The third-order valence-electron chi connectivity index (χ3n) is 6.77. The van der Waals surface area contributed by atoms with E-state index in [2.05, 4.69) is 20.6 Å². The minimum absolute atomic E-state index is 0.0506. The van der Waals surface area contributed by atoms with E-state index in [4.69, 9.17) is 0 Å². The molecule has 0 aliphatic heterocycles. The van der Waals surface area contributed by atoms with Gasteiger partial charge < -0.3 is 20.8 Å². The predicted molar refractivity (Wildman–Crippen MR) is 173 cm³/mol. The molecule has 0 saturated heterocycles. The van der Waals surface area contributed by atoms with Crippen molar-refractivity contribution in [1.29, 1.82) is 0 Å². The van der Waals surface area contributed by atoms with E-state index >= 15 is 0 Å². The van der Waals surface area contributed by atoms with E-state index in [1.165, 1.54) is 12.4 Å². The van der Waals surface area contributed by atoms with Crippen LogP contribution in [0, 0.1) is 0 Å². The molecule has 44 heavy (non-hydrogen) atoms. The predicted octanol–water partition coefficient (Wildman–Crippen LogP) is 6.70. The largest absolute Gasteiger partial charge is 0.507 e. The monoisotopic (exact) mass is 582 g/mol. The molecule has 4 N–H and O–H groups in total. The van der Waals surface area contributed by atoms with Crippen LogP contribution in [0.25, 0.3) is 0 Å². The molecule has 0 heterocycles. The summed E-state index contributed by atoms with van der Waals surface area (Å²) < 4.78 is 0. The number of hydrogen-bond acceptors (Lipinski definition) is 6. The van der Waals surface area contributed by atoms with Crippen LogP contribution >= 0.6 is 0 Å². The summed E-state index contributed by atoms with van der Waals surface area (Å²) >= 11 is 0. The molecule has 2 amide bonds. The number of aliphatic imine (C=N–C) groups is 2. The lowest BCUT2D eigenvalue weighted by atomic mass is 10.1. The Balaban J connectivity index is 1.40. The van der Waals surface area contributed by atoms with Crippen molar-refractivity contribution < 1.29 is 19.8 Å². The molecule has 0 aliphatic rings. The van der Waals surface area contributed by atoms with Gasteiger partial charge in [-0.05, 0) is 47.5 Å². The molecule has 5 aromatic carbocycles. The van der Waals surface area contributed by atoms with Crippen molar-refractivity contribution in [2.75, 3.05) is 10.6 Å². The molecule has 0 bridgehead atoms. The third-order valence-corrected chi connectivity index (χ3v) is 6.77. The van der Waals surface area contributed by atoms with Crippen molar-refractivity contribution in [1.82, 2.24) is 0 Å². The molecule has 0 saturated carbocycles. The standard InChI is InChI=1S/C36H30N4O4/c41-31-21-11-7-17-27(31)23-37-33(25-13-3-1-4-14-25)35(43)39-29-19-9-10-20-30(29)40-36(44)34(26-15-5-2-6-16-26)38-24-28-18-8-12-22-32(28)42/h1-24,33-34,41-42H,(H,39,43)(H,40,44)/t33-,34-/m0/s1. The van der Waals surface area contributed by atoms with Gasteiger partial charge in [0.15, 0.2) is 12.1 Å². The Morgan fingerprint density at radius 1 is 0.500 bits per heavy atom. The first-order valence-corrected chi connectivity index (χ1v) is 13.9. The fourth-order valence-electron chi connectivity index (χ4n) is 4.49. The van der Waals surface area contributed by atoms with Gasteiger partial charge in [0.25, 0.3) is 11.8 Å². The van der Waals surface area contributed by atoms with Gasteiger partial charge in [0.2, 0.25) is 0 Å². The Labute approximate surface area is 255 Å². The number of carbonyl (C=O) groups excluding carboxylic acids is 2. The van der Waals surface area contributed by atoms with Crippen LogP contribution in [0.15, 0.2) is 143 Å². The second-order valence-corrected chi connectivity index (χ2v) is 9.82. The first-order valence-electron chi connectivity index (χ1n) is 13.9. The highest BCUT2D eigenvalue weighted by Crippen LogP contribution is 2.28. The van der Waals surface area contributed by atoms with Crippen LogP contribution < -0.4 is 10.6 Å². The van der Waals surface area contributed by atoms with Crippen LogP contribution in [0.2, 0.25) is 0 Å². The molecule has 2 atom stereocenters. The summed E-state index contributed by atoms with van der Waals surface area (Å²) in [7, 11) is 0. The zero-order chi connectivity index (χ0) is 30.7. The number of anilines is 2. The first kappa shape index (κ1) is 29.5.